The number of nitrogens with zero attached hydrogens (tertiary/aromatic N) is 1. The summed E-state index contributed by atoms with van der Waals surface area (Å²) >= 11 is 0. The Morgan fingerprint density at radius 1 is 1.29 bits per heavy atom. The molecule has 17 heavy (non-hydrogen) atoms. The predicted molar refractivity (Wildman–Crippen MR) is 66.7 cm³/mol. The van der Waals surface area contributed by atoms with Crippen molar-refractivity contribution in [3.63, 3.8) is 0 Å². The van der Waals surface area contributed by atoms with E-state index in [9.17, 15) is 18.1 Å². The largest absolute Gasteiger partial charge is 0.395 e. The molecular formula is C10H16F3NOP2. The van der Waals surface area contributed by atoms with Crippen LogP contribution in [0.25, 0.3) is 0 Å². The zero-order valence-electron chi connectivity index (χ0n) is 9.66. The molecule has 2 nitrogen and oxygen atoms in total. The fraction of sp³-hybridized carbons (Fsp3) is 1.00. The quantitative estimate of drug-likeness (QED) is 0.536. The maximum atomic E-state index is 13.4. The minimum Gasteiger partial charge on any atom is -0.170 e. The van der Waals surface area contributed by atoms with E-state index >= 15 is 0 Å². The normalized spacial score (nSPS) is 48.4. The first kappa shape index (κ1) is 13.7. The Kier molecular flexibility index (Phi) is 2.92. The maximum Gasteiger partial charge on any atom is 0.395 e. The molecule has 2 bridgehead atoms. The second-order valence-electron chi connectivity index (χ2n) is 5.54. The van der Waals surface area contributed by atoms with Crippen molar-refractivity contribution >= 4 is 18.5 Å². The lowest BCUT2D eigenvalue weighted by molar-refractivity contribution is -0.239. The van der Waals surface area contributed by atoms with Crippen molar-refractivity contribution in [2.45, 2.75) is 37.4 Å². The lowest BCUT2D eigenvalue weighted by atomic mass is 9.68. The Hall–Kier alpha value is 0.250. The smallest absolute Gasteiger partial charge is 0.170 e. The van der Waals surface area contributed by atoms with Crippen molar-refractivity contribution in [3.05, 3.63) is 4.91 Å². The first-order chi connectivity index (χ1) is 7.59. The van der Waals surface area contributed by atoms with Crippen LogP contribution >= 0.6 is 18.5 Å². The number of rotatable bonds is 1. The van der Waals surface area contributed by atoms with Crippen LogP contribution in [0, 0.1) is 28.1 Å². The summed E-state index contributed by atoms with van der Waals surface area (Å²) in [6.07, 6.45) is -3.89. The zero-order chi connectivity index (χ0) is 13.2. The number of nitroso groups, excluding NO2 is 1. The van der Waals surface area contributed by atoms with E-state index in [1.54, 1.807) is 0 Å². The van der Waals surface area contributed by atoms with Gasteiger partial charge in [0, 0.05) is 10.8 Å². The molecule has 2 rings (SSSR count). The van der Waals surface area contributed by atoms with E-state index in [2.05, 4.69) is 23.7 Å². The Balaban J connectivity index is 2.52. The van der Waals surface area contributed by atoms with Crippen LogP contribution in [0.1, 0.15) is 20.3 Å². The average Bonchev–Trinajstić information content (AvgIpc) is 2.60. The predicted octanol–water partition coefficient (Wildman–Crippen LogP) is 3.42. The lowest BCUT2D eigenvalue weighted by Gasteiger charge is -2.51. The van der Waals surface area contributed by atoms with Crippen LogP contribution in [0.15, 0.2) is 5.18 Å². The van der Waals surface area contributed by atoms with Crippen molar-refractivity contribution in [3.8, 4) is 0 Å². The molecule has 7 heteroatoms. The van der Waals surface area contributed by atoms with Crippen LogP contribution in [0.2, 0.25) is 0 Å². The van der Waals surface area contributed by atoms with Crippen molar-refractivity contribution in [2.24, 2.45) is 28.3 Å². The Bertz CT molecular complexity index is 360. The van der Waals surface area contributed by atoms with E-state index in [0.29, 0.717) is 6.42 Å². The molecule has 2 aliphatic rings. The Morgan fingerprint density at radius 3 is 2.18 bits per heavy atom. The van der Waals surface area contributed by atoms with Gasteiger partial charge >= 0.3 is 6.18 Å². The molecule has 7 unspecified atom stereocenters. The first-order valence-electron chi connectivity index (χ1n) is 5.56. The van der Waals surface area contributed by atoms with Crippen LogP contribution < -0.4 is 0 Å². The number of hydrogen-bond donors (Lipinski definition) is 0. The molecule has 0 radical (unpaired) electrons. The molecule has 0 saturated heterocycles. The number of hydrogen-bond acceptors (Lipinski definition) is 2. The molecule has 0 N–H and O–H groups in total. The van der Waals surface area contributed by atoms with E-state index in [1.807, 2.05) is 6.92 Å². The third-order valence-corrected chi connectivity index (χ3v) is 7.11. The van der Waals surface area contributed by atoms with E-state index < -0.39 is 28.4 Å². The van der Waals surface area contributed by atoms with Gasteiger partial charge in [0.05, 0.1) is 11.5 Å². The fourth-order valence-corrected chi connectivity index (χ4v) is 5.41. The summed E-state index contributed by atoms with van der Waals surface area (Å²) in [5.74, 6) is -0.922. The average molecular weight is 285 g/mol. The van der Waals surface area contributed by atoms with Gasteiger partial charge in [-0.05, 0) is 25.2 Å². The molecule has 0 aliphatic heterocycles. The highest BCUT2D eigenvalue weighted by atomic mass is 31.1. The summed E-state index contributed by atoms with van der Waals surface area (Å²) in [7, 11) is 4.72. The van der Waals surface area contributed by atoms with Crippen LogP contribution in [-0.4, -0.2) is 17.1 Å². The van der Waals surface area contributed by atoms with Crippen LogP contribution in [0.3, 0.4) is 0 Å². The molecule has 98 valence electrons. The summed E-state index contributed by atoms with van der Waals surface area (Å²) < 4.78 is 40.1. The molecule has 7 atom stereocenters. The molecule has 2 saturated carbocycles. The van der Waals surface area contributed by atoms with Gasteiger partial charge in [-0.3, -0.25) is 0 Å². The van der Waals surface area contributed by atoms with Crippen molar-refractivity contribution in [1.29, 1.82) is 0 Å². The Morgan fingerprint density at radius 2 is 1.82 bits per heavy atom. The second-order valence-corrected chi connectivity index (χ2v) is 8.11. The molecule has 0 aromatic carbocycles. The van der Waals surface area contributed by atoms with Gasteiger partial charge in [-0.2, -0.15) is 18.1 Å². The molecule has 0 aromatic heterocycles. The summed E-state index contributed by atoms with van der Waals surface area (Å²) in [4.78, 5) is 9.81. The van der Waals surface area contributed by atoms with Crippen LogP contribution in [-0.2, 0) is 0 Å². The minimum absolute atomic E-state index is 0.0806. The van der Waals surface area contributed by atoms with Crippen molar-refractivity contribution in [1.82, 2.24) is 0 Å². The van der Waals surface area contributed by atoms with Gasteiger partial charge in [0.15, 0.2) is 0 Å². The Labute approximate surface area is 103 Å². The molecule has 0 spiro atoms. The number of halogens is 3. The fourth-order valence-electron chi connectivity index (χ4n) is 3.77. The number of alkyl halides is 3. The summed E-state index contributed by atoms with van der Waals surface area (Å²) in [6, 6.07) is -0.708. The summed E-state index contributed by atoms with van der Waals surface area (Å²) in [6.45, 7) is 3.05. The van der Waals surface area contributed by atoms with Crippen LogP contribution in [0.5, 0.6) is 0 Å². The molecular weight excluding hydrogens is 269 g/mol. The highest BCUT2D eigenvalue weighted by molar-refractivity contribution is 7.40. The van der Waals surface area contributed by atoms with Gasteiger partial charge in [-0.1, -0.05) is 12.1 Å². The maximum absolute atomic E-state index is 13.4. The van der Waals surface area contributed by atoms with E-state index in [-0.39, 0.29) is 11.8 Å². The molecule has 0 amide bonds. The SMILES string of the molecule is CC1C(N=O)C2CC1C(P)(P)C2(C)C(F)(F)F. The highest BCUT2D eigenvalue weighted by Gasteiger charge is 2.76. The summed E-state index contributed by atoms with van der Waals surface area (Å²) in [5, 5.41) is 2.96. The zero-order valence-corrected chi connectivity index (χ0v) is 12.0. The van der Waals surface area contributed by atoms with Gasteiger partial charge in [-0.15, -0.1) is 18.5 Å². The van der Waals surface area contributed by atoms with E-state index in [0.717, 1.165) is 0 Å². The van der Waals surface area contributed by atoms with Gasteiger partial charge in [0.2, 0.25) is 0 Å². The monoisotopic (exact) mass is 285 g/mol. The van der Waals surface area contributed by atoms with Gasteiger partial charge in [0.25, 0.3) is 0 Å². The standard InChI is InChI=1S/C10H16F3NOP2/c1-4-5-3-6(7(4)14-15)8(2,9(5,16)17)10(11,12)13/h4-7H,3,16-17H2,1-2H3. The molecule has 0 aromatic rings. The van der Waals surface area contributed by atoms with E-state index in [1.165, 1.54) is 6.92 Å². The topological polar surface area (TPSA) is 29.4 Å². The third kappa shape index (κ3) is 1.42. The highest BCUT2D eigenvalue weighted by Crippen LogP contribution is 2.74. The van der Waals surface area contributed by atoms with Crippen molar-refractivity contribution < 1.29 is 13.2 Å². The molecule has 2 aliphatic carbocycles. The van der Waals surface area contributed by atoms with Crippen LogP contribution in [0.4, 0.5) is 13.2 Å². The molecule has 2 fully saturated rings. The first-order valence-corrected chi connectivity index (χ1v) is 6.71. The minimum atomic E-state index is -4.32. The van der Waals surface area contributed by atoms with E-state index in [4.69, 9.17) is 0 Å². The second kappa shape index (κ2) is 3.63. The lowest BCUT2D eigenvalue weighted by Crippen LogP contribution is -2.57. The van der Waals surface area contributed by atoms with Gasteiger partial charge < -0.3 is 0 Å². The van der Waals surface area contributed by atoms with Crippen molar-refractivity contribution in [2.75, 3.05) is 0 Å². The molecule has 0 heterocycles. The summed E-state index contributed by atoms with van der Waals surface area (Å²) in [5.41, 5.74) is -1.87. The van der Waals surface area contributed by atoms with Gasteiger partial charge in [-0.25, -0.2) is 0 Å². The third-order valence-electron chi connectivity index (χ3n) is 5.06. The number of fused-ring (bicyclic) bond motifs is 2. The van der Waals surface area contributed by atoms with Gasteiger partial charge in [0.1, 0.15) is 0 Å².